The Hall–Kier alpha value is -1.97. The first-order valence-corrected chi connectivity index (χ1v) is 9.08. The molecule has 136 valence electrons. The maximum absolute atomic E-state index is 11.5. The van der Waals surface area contributed by atoms with Gasteiger partial charge in [-0.2, -0.15) is 0 Å². The van der Waals surface area contributed by atoms with Crippen molar-refractivity contribution in [2.75, 3.05) is 7.11 Å². The molecule has 3 rings (SSSR count). The molecule has 0 heterocycles. The third-order valence-electron chi connectivity index (χ3n) is 6.42. The molecule has 1 aromatic rings. The fourth-order valence-corrected chi connectivity index (χ4v) is 5.06. The molecule has 4 heteroatoms. The quantitative estimate of drug-likeness (QED) is 0.845. The Kier molecular flexibility index (Phi) is 4.34. The average molecular weight is 344 g/mol. The molecule has 0 unspecified atom stereocenters. The molecule has 25 heavy (non-hydrogen) atoms. The van der Waals surface area contributed by atoms with E-state index in [0.717, 1.165) is 47.3 Å². The van der Waals surface area contributed by atoms with Crippen molar-refractivity contribution in [3.8, 4) is 11.5 Å². The number of allylic oxidation sites excluding steroid dienone is 1. The van der Waals surface area contributed by atoms with Crippen LogP contribution in [-0.4, -0.2) is 23.3 Å². The molecule has 0 saturated heterocycles. The van der Waals surface area contributed by atoms with Crippen molar-refractivity contribution in [1.29, 1.82) is 0 Å². The summed E-state index contributed by atoms with van der Waals surface area (Å²) in [6.07, 6.45) is 3.01. The topological polar surface area (TPSA) is 66.8 Å². The van der Waals surface area contributed by atoms with Crippen LogP contribution in [-0.2, 0) is 16.6 Å². The molecule has 0 radical (unpaired) electrons. The van der Waals surface area contributed by atoms with E-state index in [-0.39, 0.29) is 17.3 Å². The first-order chi connectivity index (χ1) is 11.7. The number of hydrogen-bond donors (Lipinski definition) is 2. The Morgan fingerprint density at radius 3 is 2.60 bits per heavy atom. The molecule has 0 aliphatic heterocycles. The predicted molar refractivity (Wildman–Crippen MR) is 97.5 cm³/mol. The van der Waals surface area contributed by atoms with Crippen molar-refractivity contribution < 1.29 is 19.7 Å². The fourth-order valence-electron chi connectivity index (χ4n) is 5.06. The molecule has 1 aromatic carbocycles. The van der Waals surface area contributed by atoms with Crippen molar-refractivity contribution in [2.24, 2.45) is 5.92 Å². The number of carboxylic acids is 1. The molecule has 0 spiro atoms. The number of phenols is 1. The van der Waals surface area contributed by atoms with Gasteiger partial charge in [0.2, 0.25) is 0 Å². The summed E-state index contributed by atoms with van der Waals surface area (Å²) in [5, 5.41) is 20.4. The zero-order valence-corrected chi connectivity index (χ0v) is 15.8. The number of carboxylic acid groups (broad SMARTS) is 1. The lowest BCUT2D eigenvalue weighted by Crippen LogP contribution is -2.41. The molecule has 0 bridgehead atoms. The summed E-state index contributed by atoms with van der Waals surface area (Å²) in [7, 11) is 1.64. The van der Waals surface area contributed by atoms with Crippen LogP contribution in [0.5, 0.6) is 11.5 Å². The maximum Gasteiger partial charge on any atom is 0.331 e. The Bertz CT molecular complexity index is 760. The second kappa shape index (κ2) is 6.08. The summed E-state index contributed by atoms with van der Waals surface area (Å²) in [5.41, 5.74) is 4.44. The molecule has 0 saturated carbocycles. The van der Waals surface area contributed by atoms with Gasteiger partial charge in [-0.15, -0.1) is 0 Å². The van der Waals surface area contributed by atoms with Crippen molar-refractivity contribution in [2.45, 2.75) is 64.7 Å². The van der Waals surface area contributed by atoms with Gasteiger partial charge < -0.3 is 14.9 Å². The summed E-state index contributed by atoms with van der Waals surface area (Å²) in [6, 6.07) is 2.09. The minimum atomic E-state index is -0.791. The number of ether oxygens (including phenoxy) is 1. The monoisotopic (exact) mass is 344 g/mol. The number of hydrogen-bond acceptors (Lipinski definition) is 3. The number of aliphatic carboxylic acids is 1. The van der Waals surface area contributed by atoms with E-state index in [4.69, 9.17) is 4.74 Å². The first kappa shape index (κ1) is 17.8. The van der Waals surface area contributed by atoms with Crippen LogP contribution in [0.15, 0.2) is 17.2 Å². The lowest BCUT2D eigenvalue weighted by Gasteiger charge is -2.47. The zero-order chi connectivity index (χ0) is 18.5. The number of carbonyl (C=O) groups is 1. The van der Waals surface area contributed by atoms with E-state index in [1.807, 2.05) is 6.92 Å². The number of aromatic hydroxyl groups is 1. The second-order valence-electron chi connectivity index (χ2n) is 8.00. The lowest BCUT2D eigenvalue weighted by molar-refractivity contribution is -0.133. The van der Waals surface area contributed by atoms with Gasteiger partial charge in [-0.1, -0.05) is 26.3 Å². The van der Waals surface area contributed by atoms with Gasteiger partial charge in [-0.25, -0.2) is 4.79 Å². The minimum absolute atomic E-state index is 0.156. The van der Waals surface area contributed by atoms with Gasteiger partial charge in [-0.3, -0.25) is 0 Å². The number of phenolic OH excluding ortho intramolecular Hbond substituents is 1. The van der Waals surface area contributed by atoms with E-state index in [9.17, 15) is 15.0 Å². The molecule has 4 nitrogen and oxygen atoms in total. The molecule has 0 fully saturated rings. The molecular weight excluding hydrogens is 316 g/mol. The zero-order valence-electron chi connectivity index (χ0n) is 15.8. The van der Waals surface area contributed by atoms with Crippen LogP contribution in [0.2, 0.25) is 0 Å². The molecule has 2 aliphatic carbocycles. The third kappa shape index (κ3) is 2.54. The van der Waals surface area contributed by atoms with E-state index >= 15 is 0 Å². The van der Waals surface area contributed by atoms with Crippen molar-refractivity contribution in [3.05, 3.63) is 33.9 Å². The van der Waals surface area contributed by atoms with Crippen molar-refractivity contribution in [1.82, 2.24) is 0 Å². The van der Waals surface area contributed by atoms with Crippen LogP contribution in [0, 0.1) is 5.92 Å². The fraction of sp³-hybridized carbons (Fsp3) is 0.571. The molecule has 2 N–H and O–H groups in total. The van der Waals surface area contributed by atoms with Gasteiger partial charge in [0.1, 0.15) is 11.5 Å². The van der Waals surface area contributed by atoms with Crippen LogP contribution in [0.25, 0.3) is 0 Å². The summed E-state index contributed by atoms with van der Waals surface area (Å²) < 4.78 is 5.60. The summed E-state index contributed by atoms with van der Waals surface area (Å²) in [5.74, 6) is 0.695. The van der Waals surface area contributed by atoms with E-state index in [0.29, 0.717) is 17.7 Å². The maximum atomic E-state index is 11.5. The SMILES string of the molecule is COc1cc2c(c(O)c1C(C)C)CC[C@@H]1C(C)=C(C(=O)O)CC[C@]21C. The predicted octanol–water partition coefficient (Wildman–Crippen LogP) is 4.54. The van der Waals surface area contributed by atoms with Crippen LogP contribution in [0.3, 0.4) is 0 Å². The summed E-state index contributed by atoms with van der Waals surface area (Å²) >= 11 is 0. The minimum Gasteiger partial charge on any atom is -0.507 e. The highest BCUT2D eigenvalue weighted by atomic mass is 16.5. The largest absolute Gasteiger partial charge is 0.507 e. The standard InChI is InChI=1S/C21H28O4/c1-11(2)18-17(25-5)10-16-14(19(18)22)6-7-15-12(3)13(20(23)24)8-9-21(15,16)4/h10-11,15,22H,6-9H2,1-5H3,(H,23,24)/t15-,21+/m1/s1. The highest BCUT2D eigenvalue weighted by molar-refractivity contribution is 5.88. The summed E-state index contributed by atoms with van der Waals surface area (Å²) in [6.45, 7) is 8.30. The van der Waals surface area contributed by atoms with Gasteiger partial charge in [0, 0.05) is 11.1 Å². The van der Waals surface area contributed by atoms with E-state index < -0.39 is 5.97 Å². The lowest BCUT2D eigenvalue weighted by atomic mass is 9.56. The van der Waals surface area contributed by atoms with Crippen molar-refractivity contribution in [3.63, 3.8) is 0 Å². The van der Waals surface area contributed by atoms with Crippen LogP contribution >= 0.6 is 0 Å². The van der Waals surface area contributed by atoms with Gasteiger partial charge in [0.05, 0.1) is 7.11 Å². The number of rotatable bonds is 3. The van der Waals surface area contributed by atoms with Crippen LogP contribution in [0.4, 0.5) is 0 Å². The Labute approximate surface area is 149 Å². The summed E-state index contributed by atoms with van der Waals surface area (Å²) in [4.78, 5) is 11.5. The van der Waals surface area contributed by atoms with Gasteiger partial charge >= 0.3 is 5.97 Å². The third-order valence-corrected chi connectivity index (χ3v) is 6.42. The first-order valence-electron chi connectivity index (χ1n) is 9.08. The molecular formula is C21H28O4. The highest BCUT2D eigenvalue weighted by Gasteiger charge is 2.46. The smallest absolute Gasteiger partial charge is 0.331 e. The van der Waals surface area contributed by atoms with Gasteiger partial charge in [0.25, 0.3) is 0 Å². The van der Waals surface area contributed by atoms with Gasteiger partial charge in [-0.05, 0) is 67.1 Å². The Balaban J connectivity index is 2.20. The molecule has 0 aromatic heterocycles. The number of fused-ring (bicyclic) bond motifs is 3. The van der Waals surface area contributed by atoms with Crippen LogP contribution in [0.1, 0.15) is 69.6 Å². The average Bonchev–Trinajstić information content (AvgIpc) is 2.54. The van der Waals surface area contributed by atoms with Crippen LogP contribution < -0.4 is 4.74 Å². The molecule has 0 amide bonds. The number of methoxy groups -OCH3 is 1. The second-order valence-corrected chi connectivity index (χ2v) is 8.00. The Morgan fingerprint density at radius 1 is 1.36 bits per heavy atom. The highest BCUT2D eigenvalue weighted by Crippen LogP contribution is 2.55. The van der Waals surface area contributed by atoms with E-state index in [1.165, 1.54) is 0 Å². The molecule has 2 atom stereocenters. The number of benzene rings is 1. The molecule has 2 aliphatic rings. The normalized spacial score (nSPS) is 25.6. The Morgan fingerprint density at radius 2 is 2.04 bits per heavy atom. The van der Waals surface area contributed by atoms with Crippen molar-refractivity contribution >= 4 is 5.97 Å². The van der Waals surface area contributed by atoms with Gasteiger partial charge in [0.15, 0.2) is 0 Å². The van der Waals surface area contributed by atoms with E-state index in [1.54, 1.807) is 7.11 Å². The van der Waals surface area contributed by atoms with E-state index in [2.05, 4.69) is 26.8 Å².